The van der Waals surface area contributed by atoms with E-state index in [-0.39, 0.29) is 11.8 Å². The number of imidazole rings is 1. The van der Waals surface area contributed by atoms with Crippen LogP contribution in [-0.4, -0.2) is 27.0 Å². The molecule has 1 aliphatic heterocycles. The van der Waals surface area contributed by atoms with Crippen molar-refractivity contribution in [1.29, 1.82) is 0 Å². The van der Waals surface area contributed by atoms with E-state index in [1.54, 1.807) is 12.5 Å². The van der Waals surface area contributed by atoms with Gasteiger partial charge in [-0.1, -0.05) is 6.07 Å². The number of nitrogens with one attached hydrogen (secondary N) is 2. The van der Waals surface area contributed by atoms with Crippen molar-refractivity contribution in [3.63, 3.8) is 0 Å². The van der Waals surface area contributed by atoms with Gasteiger partial charge in [-0.25, -0.2) is 4.98 Å². The molecule has 0 radical (unpaired) electrons. The summed E-state index contributed by atoms with van der Waals surface area (Å²) in [5.74, 6) is -0.192. The van der Waals surface area contributed by atoms with Crippen LogP contribution >= 0.6 is 0 Å². The molecule has 1 amide bonds. The maximum Gasteiger partial charge on any atom is 0.230 e. The first kappa shape index (κ1) is 12.8. The van der Waals surface area contributed by atoms with E-state index >= 15 is 0 Å². The minimum absolute atomic E-state index is 0.00713. The molecule has 6 heteroatoms. The molecule has 0 saturated heterocycles. The van der Waals surface area contributed by atoms with Crippen molar-refractivity contribution in [2.75, 3.05) is 6.54 Å². The van der Waals surface area contributed by atoms with Gasteiger partial charge in [-0.05, 0) is 12.1 Å². The fourth-order valence-corrected chi connectivity index (χ4v) is 2.52. The lowest BCUT2D eigenvalue weighted by Crippen LogP contribution is -2.39. The van der Waals surface area contributed by atoms with Crippen molar-refractivity contribution in [3.05, 3.63) is 47.8 Å². The molecule has 0 aromatic carbocycles. The lowest BCUT2D eigenvalue weighted by Gasteiger charge is -2.23. The Morgan fingerprint density at radius 3 is 3.20 bits per heavy atom. The van der Waals surface area contributed by atoms with E-state index in [1.807, 2.05) is 29.8 Å². The maximum absolute atomic E-state index is 12.4. The molecular weight excluding hydrogens is 254 g/mol. The molecule has 0 saturated carbocycles. The highest BCUT2D eigenvalue weighted by atomic mass is 16.1. The van der Waals surface area contributed by atoms with Gasteiger partial charge in [-0.15, -0.1) is 0 Å². The minimum Gasteiger partial charge on any atom is -0.350 e. The third kappa shape index (κ3) is 2.42. The molecule has 0 fully saturated rings. The largest absolute Gasteiger partial charge is 0.350 e. The Kier molecular flexibility index (Phi) is 3.47. The number of carbonyl (C=O) groups is 1. The molecule has 3 rings (SSSR count). The first-order chi connectivity index (χ1) is 9.75. The maximum atomic E-state index is 12.4. The highest BCUT2D eigenvalue weighted by Gasteiger charge is 2.29. The molecule has 104 valence electrons. The number of aromatic nitrogens is 3. The van der Waals surface area contributed by atoms with Gasteiger partial charge in [0.05, 0.1) is 35.9 Å². The Hall–Kier alpha value is -2.21. The SMILES string of the molecule is Cn1cnc2c1C(C(=O)NCc1ccccn1)CNC2. The second-order valence-corrected chi connectivity index (χ2v) is 4.91. The number of nitrogens with zero attached hydrogens (tertiary/aromatic N) is 3. The number of rotatable bonds is 3. The predicted molar refractivity (Wildman–Crippen MR) is 73.7 cm³/mol. The van der Waals surface area contributed by atoms with Crippen molar-refractivity contribution in [3.8, 4) is 0 Å². The monoisotopic (exact) mass is 271 g/mol. The van der Waals surface area contributed by atoms with Gasteiger partial charge in [0.1, 0.15) is 0 Å². The van der Waals surface area contributed by atoms with E-state index in [2.05, 4.69) is 20.6 Å². The fraction of sp³-hybridized carbons (Fsp3) is 0.357. The summed E-state index contributed by atoms with van der Waals surface area (Å²) >= 11 is 0. The number of pyridine rings is 1. The van der Waals surface area contributed by atoms with Crippen LogP contribution in [0.2, 0.25) is 0 Å². The Morgan fingerprint density at radius 2 is 2.40 bits per heavy atom. The van der Waals surface area contributed by atoms with Crippen molar-refractivity contribution < 1.29 is 4.79 Å². The van der Waals surface area contributed by atoms with Crippen LogP contribution in [0.15, 0.2) is 30.7 Å². The summed E-state index contributed by atoms with van der Waals surface area (Å²) in [7, 11) is 1.93. The number of fused-ring (bicyclic) bond motifs is 1. The average Bonchev–Trinajstić information content (AvgIpc) is 2.87. The molecule has 20 heavy (non-hydrogen) atoms. The third-order valence-electron chi connectivity index (χ3n) is 3.52. The van der Waals surface area contributed by atoms with E-state index in [4.69, 9.17) is 0 Å². The quantitative estimate of drug-likeness (QED) is 0.843. The standard InChI is InChI=1S/C14H17N5O/c1-19-9-18-12-8-15-7-11(13(12)19)14(20)17-6-10-4-2-3-5-16-10/h2-5,9,11,15H,6-8H2,1H3,(H,17,20). The van der Waals surface area contributed by atoms with Crippen molar-refractivity contribution in [2.45, 2.75) is 19.0 Å². The van der Waals surface area contributed by atoms with Crippen molar-refractivity contribution in [1.82, 2.24) is 25.2 Å². The summed E-state index contributed by atoms with van der Waals surface area (Å²) < 4.78 is 1.93. The van der Waals surface area contributed by atoms with Gasteiger partial charge in [-0.3, -0.25) is 9.78 Å². The molecule has 2 aromatic heterocycles. The number of carbonyl (C=O) groups excluding carboxylic acids is 1. The topological polar surface area (TPSA) is 71.8 Å². The van der Waals surface area contributed by atoms with Gasteiger partial charge < -0.3 is 15.2 Å². The normalized spacial score (nSPS) is 17.6. The lowest BCUT2D eigenvalue weighted by molar-refractivity contribution is -0.122. The second-order valence-electron chi connectivity index (χ2n) is 4.91. The van der Waals surface area contributed by atoms with Gasteiger partial charge in [0, 0.05) is 26.3 Å². The average molecular weight is 271 g/mol. The zero-order valence-electron chi connectivity index (χ0n) is 11.3. The Balaban J connectivity index is 1.71. The van der Waals surface area contributed by atoms with Crippen LogP contribution < -0.4 is 10.6 Å². The van der Waals surface area contributed by atoms with Crippen LogP contribution in [0.5, 0.6) is 0 Å². The Bertz CT molecular complexity index is 607. The summed E-state index contributed by atoms with van der Waals surface area (Å²) in [6, 6.07) is 5.67. The van der Waals surface area contributed by atoms with Gasteiger partial charge in [-0.2, -0.15) is 0 Å². The number of amides is 1. The Labute approximate surface area is 117 Å². The molecular formula is C14H17N5O. The molecule has 0 aliphatic carbocycles. The third-order valence-corrected chi connectivity index (χ3v) is 3.52. The predicted octanol–water partition coefficient (Wildman–Crippen LogP) is 0.318. The summed E-state index contributed by atoms with van der Waals surface area (Å²) in [5, 5.41) is 6.18. The molecule has 0 spiro atoms. The van der Waals surface area contributed by atoms with Crippen LogP contribution in [0, 0.1) is 0 Å². The van der Waals surface area contributed by atoms with Gasteiger partial charge >= 0.3 is 0 Å². The minimum atomic E-state index is -0.199. The van der Waals surface area contributed by atoms with E-state index in [0.717, 1.165) is 23.6 Å². The van der Waals surface area contributed by atoms with Gasteiger partial charge in [0.25, 0.3) is 0 Å². The first-order valence-electron chi connectivity index (χ1n) is 6.64. The zero-order chi connectivity index (χ0) is 13.9. The van der Waals surface area contributed by atoms with E-state index in [9.17, 15) is 4.79 Å². The van der Waals surface area contributed by atoms with Gasteiger partial charge in [0.15, 0.2) is 0 Å². The zero-order valence-corrected chi connectivity index (χ0v) is 11.3. The number of hydrogen-bond donors (Lipinski definition) is 2. The Morgan fingerprint density at radius 1 is 1.50 bits per heavy atom. The molecule has 2 N–H and O–H groups in total. The van der Waals surface area contributed by atoms with E-state index in [0.29, 0.717) is 13.1 Å². The fourth-order valence-electron chi connectivity index (χ4n) is 2.52. The molecule has 6 nitrogen and oxygen atoms in total. The molecule has 3 heterocycles. The van der Waals surface area contributed by atoms with E-state index in [1.165, 1.54) is 0 Å². The second kappa shape index (κ2) is 5.42. The van der Waals surface area contributed by atoms with Crippen LogP contribution in [0.3, 0.4) is 0 Å². The van der Waals surface area contributed by atoms with Crippen LogP contribution in [0.1, 0.15) is 23.0 Å². The summed E-state index contributed by atoms with van der Waals surface area (Å²) in [6.07, 6.45) is 3.49. The summed E-state index contributed by atoms with van der Waals surface area (Å²) in [5.41, 5.74) is 2.81. The van der Waals surface area contributed by atoms with Gasteiger partial charge in [0.2, 0.25) is 5.91 Å². The highest BCUT2D eigenvalue weighted by molar-refractivity contribution is 5.84. The highest BCUT2D eigenvalue weighted by Crippen LogP contribution is 2.22. The molecule has 2 aromatic rings. The van der Waals surface area contributed by atoms with E-state index < -0.39 is 0 Å². The van der Waals surface area contributed by atoms with Crippen molar-refractivity contribution >= 4 is 5.91 Å². The summed E-state index contributed by atoms with van der Waals surface area (Å²) in [4.78, 5) is 20.9. The smallest absolute Gasteiger partial charge is 0.230 e. The number of aryl methyl sites for hydroxylation is 1. The van der Waals surface area contributed by atoms with Crippen LogP contribution in [0.4, 0.5) is 0 Å². The van der Waals surface area contributed by atoms with Crippen LogP contribution in [0.25, 0.3) is 0 Å². The number of hydrogen-bond acceptors (Lipinski definition) is 4. The molecule has 1 unspecified atom stereocenters. The van der Waals surface area contributed by atoms with Crippen LogP contribution in [-0.2, 0) is 24.9 Å². The first-order valence-corrected chi connectivity index (χ1v) is 6.64. The molecule has 1 aliphatic rings. The lowest BCUT2D eigenvalue weighted by atomic mass is 9.99. The molecule has 0 bridgehead atoms. The summed E-state index contributed by atoms with van der Waals surface area (Å²) in [6.45, 7) is 1.81. The molecule has 1 atom stereocenters. The van der Waals surface area contributed by atoms with Crippen molar-refractivity contribution in [2.24, 2.45) is 7.05 Å².